The highest BCUT2D eigenvalue weighted by Gasteiger charge is 2.10. The monoisotopic (exact) mass is 252 g/mol. The van der Waals surface area contributed by atoms with E-state index in [1.807, 2.05) is 27.8 Å². The summed E-state index contributed by atoms with van der Waals surface area (Å²) in [6.07, 6.45) is 0.998. The number of nitrogens with zero attached hydrogens (tertiary/aromatic N) is 2. The Morgan fingerprint density at radius 1 is 1.22 bits per heavy atom. The van der Waals surface area contributed by atoms with Gasteiger partial charge in [-0.3, -0.25) is 0 Å². The third-order valence-corrected chi connectivity index (χ3v) is 2.75. The van der Waals surface area contributed by atoms with Crippen LogP contribution in [-0.2, 0) is 11.2 Å². The third kappa shape index (κ3) is 3.84. The fourth-order valence-electron chi connectivity index (χ4n) is 1.72. The molecule has 1 unspecified atom stereocenters. The maximum absolute atomic E-state index is 5.50. The maximum atomic E-state index is 5.50. The molecule has 0 aliphatic rings. The van der Waals surface area contributed by atoms with Gasteiger partial charge in [-0.25, -0.2) is 9.97 Å². The highest BCUT2D eigenvalue weighted by atomic mass is 16.5. The summed E-state index contributed by atoms with van der Waals surface area (Å²) >= 11 is 0. The minimum Gasteiger partial charge on any atom is -0.377 e. The van der Waals surface area contributed by atoms with Crippen molar-refractivity contribution in [2.45, 2.75) is 40.2 Å². The average Bonchev–Trinajstić information content (AvgIpc) is 2.38. The number of nitrogens with one attached hydrogen (secondary N) is 2. The van der Waals surface area contributed by atoms with E-state index in [0.717, 1.165) is 42.6 Å². The van der Waals surface area contributed by atoms with Gasteiger partial charge in [0.1, 0.15) is 17.5 Å². The van der Waals surface area contributed by atoms with Crippen molar-refractivity contribution in [3.05, 3.63) is 11.4 Å². The molecular formula is C13H24N4O. The van der Waals surface area contributed by atoms with Crippen molar-refractivity contribution in [3.8, 4) is 0 Å². The predicted molar refractivity (Wildman–Crippen MR) is 75.3 cm³/mol. The van der Waals surface area contributed by atoms with Crippen molar-refractivity contribution >= 4 is 11.6 Å². The molecule has 1 rings (SSSR count). The van der Waals surface area contributed by atoms with Crippen molar-refractivity contribution in [1.82, 2.24) is 9.97 Å². The molecule has 0 saturated heterocycles. The van der Waals surface area contributed by atoms with Gasteiger partial charge >= 0.3 is 0 Å². The lowest BCUT2D eigenvalue weighted by atomic mass is 10.2. The smallest absolute Gasteiger partial charge is 0.134 e. The lowest BCUT2D eigenvalue weighted by molar-refractivity contribution is 0.0854. The van der Waals surface area contributed by atoms with Crippen molar-refractivity contribution < 1.29 is 4.74 Å². The van der Waals surface area contributed by atoms with Crippen LogP contribution in [0.2, 0.25) is 0 Å². The van der Waals surface area contributed by atoms with Gasteiger partial charge in [-0.05, 0) is 20.8 Å². The van der Waals surface area contributed by atoms with Crippen molar-refractivity contribution in [3.63, 3.8) is 0 Å². The Labute approximate surface area is 109 Å². The molecule has 0 saturated carbocycles. The van der Waals surface area contributed by atoms with E-state index >= 15 is 0 Å². The first-order valence-electron chi connectivity index (χ1n) is 6.53. The molecule has 102 valence electrons. The number of aryl methyl sites for hydroxylation is 1. The Morgan fingerprint density at radius 3 is 2.44 bits per heavy atom. The number of aromatic nitrogens is 2. The highest BCUT2D eigenvalue weighted by Crippen LogP contribution is 2.19. The first-order chi connectivity index (χ1) is 8.62. The zero-order valence-electron chi connectivity index (χ0n) is 12.0. The van der Waals surface area contributed by atoms with Gasteiger partial charge in [-0.2, -0.15) is 0 Å². The van der Waals surface area contributed by atoms with Crippen LogP contribution >= 0.6 is 0 Å². The molecule has 0 amide bonds. The molecule has 0 aliphatic carbocycles. The average molecular weight is 252 g/mol. The van der Waals surface area contributed by atoms with Crippen LogP contribution in [0.3, 0.4) is 0 Å². The van der Waals surface area contributed by atoms with Crippen LogP contribution in [-0.4, -0.2) is 36.3 Å². The molecule has 0 spiro atoms. The number of rotatable bonds is 7. The van der Waals surface area contributed by atoms with Crippen LogP contribution in [0.4, 0.5) is 11.6 Å². The van der Waals surface area contributed by atoms with Gasteiger partial charge in [-0.1, -0.05) is 6.92 Å². The molecule has 2 N–H and O–H groups in total. The SMILES string of the molecule is CCOC(C)CNc1nc(CC)nc(NC)c1C. The first-order valence-corrected chi connectivity index (χ1v) is 6.53. The Hall–Kier alpha value is -1.36. The summed E-state index contributed by atoms with van der Waals surface area (Å²) in [4.78, 5) is 8.95. The van der Waals surface area contributed by atoms with E-state index in [4.69, 9.17) is 4.74 Å². The fraction of sp³-hybridized carbons (Fsp3) is 0.692. The van der Waals surface area contributed by atoms with E-state index in [-0.39, 0.29) is 6.10 Å². The number of ether oxygens (including phenoxy) is 1. The van der Waals surface area contributed by atoms with Gasteiger partial charge in [0.15, 0.2) is 0 Å². The molecule has 0 aliphatic heterocycles. The van der Waals surface area contributed by atoms with Crippen LogP contribution in [0.1, 0.15) is 32.2 Å². The third-order valence-electron chi connectivity index (χ3n) is 2.75. The first kappa shape index (κ1) is 14.7. The molecule has 18 heavy (non-hydrogen) atoms. The molecule has 1 aromatic heterocycles. The molecule has 0 radical (unpaired) electrons. The molecule has 0 aromatic carbocycles. The lowest BCUT2D eigenvalue weighted by Gasteiger charge is -2.16. The molecular weight excluding hydrogens is 228 g/mol. The molecule has 1 aromatic rings. The topological polar surface area (TPSA) is 59.1 Å². The Bertz CT molecular complexity index is 381. The van der Waals surface area contributed by atoms with E-state index in [0.29, 0.717) is 0 Å². The summed E-state index contributed by atoms with van der Waals surface area (Å²) in [6.45, 7) is 9.59. The number of hydrogen-bond acceptors (Lipinski definition) is 5. The van der Waals surface area contributed by atoms with Crippen molar-refractivity contribution in [2.24, 2.45) is 0 Å². The fourth-order valence-corrected chi connectivity index (χ4v) is 1.72. The van der Waals surface area contributed by atoms with E-state index in [9.17, 15) is 0 Å². The quantitative estimate of drug-likeness (QED) is 0.779. The van der Waals surface area contributed by atoms with Crippen LogP contribution in [0.5, 0.6) is 0 Å². The van der Waals surface area contributed by atoms with Gasteiger partial charge in [0.05, 0.1) is 6.10 Å². The minimum absolute atomic E-state index is 0.174. The molecule has 0 bridgehead atoms. The van der Waals surface area contributed by atoms with E-state index in [2.05, 4.69) is 27.5 Å². The summed E-state index contributed by atoms with van der Waals surface area (Å²) < 4.78 is 5.50. The van der Waals surface area contributed by atoms with Gasteiger partial charge < -0.3 is 15.4 Å². The van der Waals surface area contributed by atoms with Crippen LogP contribution in [0.25, 0.3) is 0 Å². The standard InChI is InChI=1S/C13H24N4O/c1-6-11-16-12(14-5)10(4)13(17-11)15-8-9(3)18-7-2/h9H,6-8H2,1-5H3,(H2,14,15,16,17). The zero-order chi connectivity index (χ0) is 13.5. The predicted octanol–water partition coefficient (Wildman–Crippen LogP) is 2.23. The van der Waals surface area contributed by atoms with E-state index in [1.165, 1.54) is 0 Å². The molecule has 5 heteroatoms. The molecule has 5 nitrogen and oxygen atoms in total. The Kier molecular flexibility index (Phi) is 5.85. The van der Waals surface area contributed by atoms with Gasteiger partial charge in [-0.15, -0.1) is 0 Å². The van der Waals surface area contributed by atoms with E-state index in [1.54, 1.807) is 0 Å². The molecule has 1 heterocycles. The minimum atomic E-state index is 0.174. The largest absolute Gasteiger partial charge is 0.377 e. The second-order valence-corrected chi connectivity index (χ2v) is 4.21. The maximum Gasteiger partial charge on any atom is 0.134 e. The summed E-state index contributed by atoms with van der Waals surface area (Å²) in [5, 5.41) is 6.43. The summed E-state index contributed by atoms with van der Waals surface area (Å²) in [5.41, 5.74) is 1.04. The Morgan fingerprint density at radius 2 is 1.89 bits per heavy atom. The number of hydrogen-bond donors (Lipinski definition) is 2. The summed E-state index contributed by atoms with van der Waals surface area (Å²) in [5.74, 6) is 2.61. The van der Waals surface area contributed by atoms with Crippen molar-refractivity contribution in [1.29, 1.82) is 0 Å². The second kappa shape index (κ2) is 7.16. The molecule has 1 atom stereocenters. The van der Waals surface area contributed by atoms with Gasteiger partial charge in [0, 0.05) is 32.2 Å². The van der Waals surface area contributed by atoms with Crippen LogP contribution in [0.15, 0.2) is 0 Å². The Balaban J connectivity index is 2.80. The van der Waals surface area contributed by atoms with Gasteiger partial charge in [0.25, 0.3) is 0 Å². The number of anilines is 2. The lowest BCUT2D eigenvalue weighted by Crippen LogP contribution is -2.21. The second-order valence-electron chi connectivity index (χ2n) is 4.21. The van der Waals surface area contributed by atoms with E-state index < -0.39 is 0 Å². The van der Waals surface area contributed by atoms with Crippen LogP contribution < -0.4 is 10.6 Å². The van der Waals surface area contributed by atoms with Gasteiger partial charge in [0.2, 0.25) is 0 Å². The van der Waals surface area contributed by atoms with Crippen LogP contribution in [0, 0.1) is 6.92 Å². The summed E-state index contributed by atoms with van der Waals surface area (Å²) in [6, 6.07) is 0. The molecule has 0 fully saturated rings. The van der Waals surface area contributed by atoms with Crippen molar-refractivity contribution in [2.75, 3.05) is 30.8 Å². The zero-order valence-corrected chi connectivity index (χ0v) is 12.0. The highest BCUT2D eigenvalue weighted by molar-refractivity contribution is 5.57. The normalized spacial score (nSPS) is 12.3. The summed E-state index contributed by atoms with van der Waals surface area (Å²) in [7, 11) is 1.88.